The van der Waals surface area contributed by atoms with Gasteiger partial charge in [0.05, 0.1) is 19.4 Å². The third-order valence-corrected chi connectivity index (χ3v) is 10.0. The molecule has 49 heavy (non-hydrogen) atoms. The molecule has 0 saturated heterocycles. The van der Waals surface area contributed by atoms with Crippen LogP contribution in [0.3, 0.4) is 0 Å². The van der Waals surface area contributed by atoms with Crippen molar-refractivity contribution in [2.24, 2.45) is 0 Å². The number of hydrogen-bond acceptors (Lipinski definition) is 5. The first-order valence-electron chi connectivity index (χ1n) is 21.1. The van der Waals surface area contributed by atoms with Crippen LogP contribution in [-0.2, 0) is 19.1 Å². The lowest BCUT2D eigenvalue weighted by Crippen LogP contribution is -2.43. The molecule has 1 unspecified atom stereocenters. The molecular weight excluding hydrogens is 616 g/mol. The Kier molecular flexibility index (Phi) is 35.0. The lowest BCUT2D eigenvalue weighted by atomic mass is 9.96. The van der Waals surface area contributed by atoms with E-state index in [0.717, 1.165) is 19.3 Å². The van der Waals surface area contributed by atoms with Gasteiger partial charge >= 0.3 is 17.9 Å². The molecule has 0 bridgehead atoms. The molecular formula is C42H80O7. The first-order chi connectivity index (χ1) is 23.8. The van der Waals surface area contributed by atoms with Gasteiger partial charge in [-0.3, -0.25) is 9.59 Å². The van der Waals surface area contributed by atoms with E-state index < -0.39 is 36.4 Å². The van der Waals surface area contributed by atoms with E-state index in [1.165, 1.54) is 193 Å². The van der Waals surface area contributed by atoms with Gasteiger partial charge in [0.15, 0.2) is 5.60 Å². The van der Waals surface area contributed by atoms with E-state index >= 15 is 0 Å². The van der Waals surface area contributed by atoms with Crippen LogP contribution in [0, 0.1) is 0 Å². The number of carbonyl (C=O) groups excluding carboxylic acids is 1. The van der Waals surface area contributed by atoms with Gasteiger partial charge in [-0.1, -0.05) is 219 Å². The van der Waals surface area contributed by atoms with Gasteiger partial charge in [-0.05, 0) is 6.42 Å². The van der Waals surface area contributed by atoms with E-state index in [4.69, 9.17) is 14.9 Å². The van der Waals surface area contributed by atoms with Gasteiger partial charge in [0.1, 0.15) is 0 Å². The van der Waals surface area contributed by atoms with Crippen LogP contribution in [0.5, 0.6) is 0 Å². The van der Waals surface area contributed by atoms with Crippen LogP contribution >= 0.6 is 0 Å². The van der Waals surface area contributed by atoms with E-state index in [9.17, 15) is 19.5 Å². The number of unbranched alkanes of at least 4 members (excludes halogenated alkanes) is 33. The molecule has 1 atom stereocenters. The van der Waals surface area contributed by atoms with Crippen molar-refractivity contribution < 1.29 is 34.4 Å². The number of esters is 1. The van der Waals surface area contributed by atoms with Gasteiger partial charge in [0.2, 0.25) is 0 Å². The summed E-state index contributed by atoms with van der Waals surface area (Å²) in [6, 6.07) is 0. The Hall–Kier alpha value is -1.63. The molecule has 290 valence electrons. The van der Waals surface area contributed by atoms with E-state index in [1.807, 2.05) is 0 Å². The van der Waals surface area contributed by atoms with Gasteiger partial charge in [0, 0.05) is 0 Å². The Balaban J connectivity index is 3.24. The summed E-state index contributed by atoms with van der Waals surface area (Å²) in [5.41, 5.74) is -2.63. The van der Waals surface area contributed by atoms with Gasteiger partial charge in [-0.2, -0.15) is 0 Å². The fourth-order valence-corrected chi connectivity index (χ4v) is 6.77. The van der Waals surface area contributed by atoms with Crippen LogP contribution in [0.15, 0.2) is 0 Å². The summed E-state index contributed by atoms with van der Waals surface area (Å²) < 4.78 is 4.98. The quantitative estimate of drug-likeness (QED) is 0.0430. The van der Waals surface area contributed by atoms with Crippen molar-refractivity contribution in [3.63, 3.8) is 0 Å². The Morgan fingerprint density at radius 1 is 0.408 bits per heavy atom. The Morgan fingerprint density at radius 2 is 0.653 bits per heavy atom. The molecule has 7 nitrogen and oxygen atoms in total. The minimum Gasteiger partial charge on any atom is -0.481 e. The van der Waals surface area contributed by atoms with Crippen LogP contribution < -0.4 is 0 Å². The lowest BCUT2D eigenvalue weighted by Gasteiger charge is -2.20. The zero-order chi connectivity index (χ0) is 36.1. The number of aliphatic carboxylic acids is 2. The number of aliphatic hydroxyl groups is 1. The standard InChI is InChI=1S/C42H80O7/c1-2-3-4-5-6-7-8-9-10-11-12-13-14-15-16-17-18-19-20-21-22-23-24-25-26-27-28-29-30-31-32-33-34-35-36-49-40(45)38-42(48,41(46)47)37-39(43)44/h48H,2-38H2,1H3,(H,43,44)(H,46,47). The average molecular weight is 697 g/mol. The predicted octanol–water partition coefficient (Wildman–Crippen LogP) is 12.5. The highest BCUT2D eigenvalue weighted by molar-refractivity contribution is 5.88. The minimum absolute atomic E-state index is 0.154. The van der Waals surface area contributed by atoms with Crippen molar-refractivity contribution >= 4 is 17.9 Å². The number of carbonyl (C=O) groups is 3. The second-order valence-corrected chi connectivity index (χ2v) is 15.0. The molecule has 7 heteroatoms. The van der Waals surface area contributed by atoms with Crippen molar-refractivity contribution in [1.82, 2.24) is 0 Å². The van der Waals surface area contributed by atoms with Gasteiger partial charge in [-0.25, -0.2) is 4.79 Å². The molecule has 0 fully saturated rings. The maximum atomic E-state index is 11.8. The van der Waals surface area contributed by atoms with Gasteiger partial charge in [0.25, 0.3) is 0 Å². The monoisotopic (exact) mass is 697 g/mol. The summed E-state index contributed by atoms with van der Waals surface area (Å²) >= 11 is 0. The highest BCUT2D eigenvalue weighted by Crippen LogP contribution is 2.19. The lowest BCUT2D eigenvalue weighted by molar-refractivity contribution is -0.172. The van der Waals surface area contributed by atoms with Crippen LogP contribution in [0.4, 0.5) is 0 Å². The van der Waals surface area contributed by atoms with Crippen molar-refractivity contribution in [2.45, 2.75) is 244 Å². The summed E-state index contributed by atoms with van der Waals surface area (Å²) in [6.45, 7) is 2.45. The summed E-state index contributed by atoms with van der Waals surface area (Å²) in [5, 5.41) is 27.6. The Labute approximate surface area is 302 Å². The van der Waals surface area contributed by atoms with Crippen molar-refractivity contribution in [2.75, 3.05) is 6.61 Å². The first kappa shape index (κ1) is 47.4. The molecule has 0 aromatic carbocycles. The molecule has 0 aliphatic carbocycles. The second-order valence-electron chi connectivity index (χ2n) is 15.0. The number of hydrogen-bond donors (Lipinski definition) is 3. The summed E-state index contributed by atoms with van der Waals surface area (Å²) in [4.78, 5) is 33.6. The molecule has 0 amide bonds. The smallest absolute Gasteiger partial charge is 0.336 e. The number of carboxylic acid groups (broad SMARTS) is 2. The number of carboxylic acids is 2. The van der Waals surface area contributed by atoms with Gasteiger partial charge in [-0.15, -0.1) is 0 Å². The highest BCUT2D eigenvalue weighted by atomic mass is 16.5. The number of ether oxygens (including phenoxy) is 1. The third kappa shape index (κ3) is 34.6. The van der Waals surface area contributed by atoms with E-state index in [0.29, 0.717) is 6.42 Å². The zero-order valence-corrected chi connectivity index (χ0v) is 32.1. The van der Waals surface area contributed by atoms with Crippen LogP contribution in [0.1, 0.15) is 238 Å². The van der Waals surface area contributed by atoms with E-state index in [2.05, 4.69) is 6.92 Å². The Morgan fingerprint density at radius 3 is 0.878 bits per heavy atom. The molecule has 0 rings (SSSR count). The molecule has 0 saturated carbocycles. The van der Waals surface area contributed by atoms with Crippen molar-refractivity contribution in [1.29, 1.82) is 0 Å². The minimum atomic E-state index is -2.63. The highest BCUT2D eigenvalue weighted by Gasteiger charge is 2.41. The summed E-state index contributed by atoms with van der Waals surface area (Å²) in [7, 11) is 0. The molecule has 0 aromatic heterocycles. The number of rotatable bonds is 40. The van der Waals surface area contributed by atoms with Gasteiger partial charge < -0.3 is 20.1 Å². The average Bonchev–Trinajstić information content (AvgIpc) is 3.06. The first-order valence-corrected chi connectivity index (χ1v) is 21.1. The molecule has 0 radical (unpaired) electrons. The van der Waals surface area contributed by atoms with Crippen molar-refractivity contribution in [3.05, 3.63) is 0 Å². The van der Waals surface area contributed by atoms with E-state index in [1.54, 1.807) is 0 Å². The molecule has 0 heterocycles. The largest absolute Gasteiger partial charge is 0.481 e. The fraction of sp³-hybridized carbons (Fsp3) is 0.929. The van der Waals surface area contributed by atoms with E-state index in [-0.39, 0.29) is 6.61 Å². The van der Waals surface area contributed by atoms with Crippen LogP contribution in [0.2, 0.25) is 0 Å². The molecule has 0 aromatic rings. The summed E-state index contributed by atoms with van der Waals surface area (Å²) in [5.74, 6) is -4.12. The maximum absolute atomic E-state index is 11.8. The molecule has 0 aliphatic rings. The Bertz CT molecular complexity index is 755. The summed E-state index contributed by atoms with van der Waals surface area (Å²) in [6.07, 6.45) is 44.3. The molecule has 3 N–H and O–H groups in total. The normalized spacial score (nSPS) is 12.6. The topological polar surface area (TPSA) is 121 Å². The third-order valence-electron chi connectivity index (χ3n) is 10.0. The maximum Gasteiger partial charge on any atom is 0.336 e. The molecule has 0 aliphatic heterocycles. The predicted molar refractivity (Wildman–Crippen MR) is 203 cm³/mol. The fourth-order valence-electron chi connectivity index (χ4n) is 6.77. The SMILES string of the molecule is CCCCCCCCCCCCCCCCCCCCCCCCCCCCCCCCCCCCOC(=O)CC(O)(CC(=O)O)C(=O)O. The molecule has 0 spiro atoms. The van der Waals surface area contributed by atoms with Crippen LogP contribution in [-0.4, -0.2) is 45.4 Å². The van der Waals surface area contributed by atoms with Crippen molar-refractivity contribution in [3.8, 4) is 0 Å². The van der Waals surface area contributed by atoms with Crippen LogP contribution in [0.25, 0.3) is 0 Å². The zero-order valence-electron chi connectivity index (χ0n) is 32.1. The second kappa shape index (κ2) is 36.2.